The van der Waals surface area contributed by atoms with E-state index in [1.54, 1.807) is 24.3 Å². The molecule has 2 rings (SSSR count). The summed E-state index contributed by atoms with van der Waals surface area (Å²) in [4.78, 5) is 17.2. The lowest BCUT2D eigenvalue weighted by Gasteiger charge is -2.13. The molecule has 1 amide bonds. The third kappa shape index (κ3) is 4.88. The van der Waals surface area contributed by atoms with Crippen LogP contribution in [0.5, 0.6) is 0 Å². The van der Waals surface area contributed by atoms with Gasteiger partial charge in [0.15, 0.2) is 0 Å². The van der Waals surface area contributed by atoms with Crippen molar-refractivity contribution >= 4 is 17.7 Å². The van der Waals surface area contributed by atoms with Gasteiger partial charge < -0.3 is 0 Å². The SMILES string of the molecule is Cc1ccc(CCCON(Cl)C(=O)c2ccccc2)cc1. The molecule has 4 heteroatoms. The standard InChI is InChI=1S/C17H18ClNO2/c1-14-9-11-15(12-10-14)6-5-13-21-19(18)17(20)16-7-3-2-4-8-16/h2-4,7-12H,5-6,13H2,1H3. The molecule has 21 heavy (non-hydrogen) atoms. The molecular formula is C17H18ClNO2. The first kappa shape index (κ1) is 15.5. The van der Waals surface area contributed by atoms with Crippen molar-refractivity contribution in [2.75, 3.05) is 6.61 Å². The molecule has 0 spiro atoms. The van der Waals surface area contributed by atoms with Crippen LogP contribution in [0, 0.1) is 6.92 Å². The minimum Gasteiger partial charge on any atom is -0.265 e. The normalized spacial score (nSPS) is 10.4. The summed E-state index contributed by atoms with van der Waals surface area (Å²) in [6, 6.07) is 17.2. The van der Waals surface area contributed by atoms with E-state index in [9.17, 15) is 4.79 Å². The molecule has 0 radical (unpaired) electrons. The monoisotopic (exact) mass is 303 g/mol. The molecule has 0 bridgehead atoms. The molecule has 0 aromatic heterocycles. The van der Waals surface area contributed by atoms with Gasteiger partial charge in [-0.15, -0.1) is 4.58 Å². The van der Waals surface area contributed by atoms with Gasteiger partial charge in [0.05, 0.1) is 6.61 Å². The van der Waals surface area contributed by atoms with Crippen LogP contribution in [0.25, 0.3) is 0 Å². The Morgan fingerprint density at radius 2 is 1.76 bits per heavy atom. The van der Waals surface area contributed by atoms with Gasteiger partial charge in [-0.25, -0.2) is 0 Å². The molecule has 0 aliphatic heterocycles. The molecule has 110 valence electrons. The molecule has 0 fully saturated rings. The van der Waals surface area contributed by atoms with Crippen molar-refractivity contribution in [3.05, 3.63) is 71.3 Å². The summed E-state index contributed by atoms with van der Waals surface area (Å²) in [5, 5.41) is 0. The molecule has 0 heterocycles. The summed E-state index contributed by atoms with van der Waals surface area (Å²) >= 11 is 5.83. The number of hydrogen-bond acceptors (Lipinski definition) is 2. The number of halogens is 1. The van der Waals surface area contributed by atoms with Crippen LogP contribution in [0.1, 0.15) is 27.9 Å². The molecule has 0 atom stereocenters. The van der Waals surface area contributed by atoms with Crippen molar-refractivity contribution in [1.82, 2.24) is 4.58 Å². The molecule has 0 saturated heterocycles. The number of carbonyl (C=O) groups excluding carboxylic acids is 1. The Bertz CT molecular complexity index is 569. The van der Waals surface area contributed by atoms with Gasteiger partial charge in [0, 0.05) is 17.3 Å². The highest BCUT2D eigenvalue weighted by Gasteiger charge is 2.13. The molecular weight excluding hydrogens is 286 g/mol. The Balaban J connectivity index is 1.73. The van der Waals surface area contributed by atoms with Crippen LogP contribution >= 0.6 is 11.8 Å². The third-order valence-corrected chi connectivity index (χ3v) is 3.37. The van der Waals surface area contributed by atoms with Gasteiger partial charge in [-0.05, 0) is 37.5 Å². The lowest BCUT2D eigenvalue weighted by atomic mass is 10.1. The number of hydroxylamine groups is 1. The maximum Gasteiger partial charge on any atom is 0.292 e. The van der Waals surface area contributed by atoms with Crippen molar-refractivity contribution in [3.63, 3.8) is 0 Å². The number of nitrogens with zero attached hydrogens (tertiary/aromatic N) is 1. The summed E-state index contributed by atoms with van der Waals surface area (Å²) in [7, 11) is 0. The fourth-order valence-electron chi connectivity index (χ4n) is 1.92. The highest BCUT2D eigenvalue weighted by Crippen LogP contribution is 2.10. The number of aryl methyl sites for hydroxylation is 2. The van der Waals surface area contributed by atoms with E-state index in [1.807, 2.05) is 6.07 Å². The van der Waals surface area contributed by atoms with Crippen molar-refractivity contribution in [1.29, 1.82) is 0 Å². The van der Waals surface area contributed by atoms with Crippen molar-refractivity contribution in [2.24, 2.45) is 0 Å². The van der Waals surface area contributed by atoms with E-state index in [-0.39, 0.29) is 5.91 Å². The smallest absolute Gasteiger partial charge is 0.265 e. The van der Waals surface area contributed by atoms with Crippen LogP contribution in [0.15, 0.2) is 54.6 Å². The van der Waals surface area contributed by atoms with Crippen molar-refractivity contribution < 1.29 is 9.63 Å². The number of rotatable bonds is 6. The number of benzene rings is 2. The van der Waals surface area contributed by atoms with Gasteiger partial charge in [-0.1, -0.05) is 48.0 Å². The Morgan fingerprint density at radius 1 is 1.10 bits per heavy atom. The van der Waals surface area contributed by atoms with Crippen LogP contribution in [0.4, 0.5) is 0 Å². The third-order valence-electron chi connectivity index (χ3n) is 3.12. The maximum atomic E-state index is 11.9. The topological polar surface area (TPSA) is 29.5 Å². The average molecular weight is 304 g/mol. The fraction of sp³-hybridized carbons (Fsp3) is 0.235. The van der Waals surface area contributed by atoms with Crippen molar-refractivity contribution in [3.8, 4) is 0 Å². The zero-order valence-corrected chi connectivity index (χ0v) is 12.7. The molecule has 0 aliphatic rings. The molecule has 2 aromatic rings. The molecule has 2 aromatic carbocycles. The number of amides is 1. The summed E-state index contributed by atoms with van der Waals surface area (Å²) < 4.78 is 0.782. The largest absolute Gasteiger partial charge is 0.292 e. The van der Waals surface area contributed by atoms with E-state index in [0.717, 1.165) is 17.4 Å². The van der Waals surface area contributed by atoms with E-state index in [1.165, 1.54) is 11.1 Å². The van der Waals surface area contributed by atoms with Gasteiger partial charge in [-0.2, -0.15) is 0 Å². The second-order valence-corrected chi connectivity index (χ2v) is 5.15. The minimum absolute atomic E-state index is 0.354. The van der Waals surface area contributed by atoms with E-state index in [2.05, 4.69) is 31.2 Å². The van der Waals surface area contributed by atoms with Crippen LogP contribution in [0.3, 0.4) is 0 Å². The maximum absolute atomic E-state index is 11.9. The molecule has 3 nitrogen and oxygen atoms in total. The quantitative estimate of drug-likeness (QED) is 0.456. The van der Waals surface area contributed by atoms with Crippen LogP contribution in [-0.4, -0.2) is 17.1 Å². The zero-order valence-electron chi connectivity index (χ0n) is 12.0. The summed E-state index contributed by atoms with van der Waals surface area (Å²) in [5.74, 6) is -0.354. The van der Waals surface area contributed by atoms with E-state index >= 15 is 0 Å². The van der Waals surface area contributed by atoms with Crippen molar-refractivity contribution in [2.45, 2.75) is 19.8 Å². The minimum atomic E-state index is -0.354. The highest BCUT2D eigenvalue weighted by molar-refractivity contribution is 6.23. The van der Waals surface area contributed by atoms with Crippen LogP contribution < -0.4 is 0 Å². The molecule has 0 saturated carbocycles. The van der Waals surface area contributed by atoms with Crippen LogP contribution in [-0.2, 0) is 11.3 Å². The first-order chi connectivity index (χ1) is 10.2. The number of hydrogen-bond donors (Lipinski definition) is 0. The molecule has 0 N–H and O–H groups in total. The van der Waals surface area contributed by atoms with Gasteiger partial charge in [-0.3, -0.25) is 9.63 Å². The lowest BCUT2D eigenvalue weighted by molar-refractivity contribution is -0.0594. The fourth-order valence-corrected chi connectivity index (χ4v) is 2.08. The Morgan fingerprint density at radius 3 is 2.43 bits per heavy atom. The Kier molecular flexibility index (Phi) is 5.78. The lowest BCUT2D eigenvalue weighted by Crippen LogP contribution is -2.22. The van der Waals surface area contributed by atoms with E-state index in [4.69, 9.17) is 16.6 Å². The molecule has 0 unspecified atom stereocenters. The van der Waals surface area contributed by atoms with Gasteiger partial charge >= 0.3 is 0 Å². The Hall–Kier alpha value is -1.84. The highest BCUT2D eigenvalue weighted by atomic mass is 35.5. The van der Waals surface area contributed by atoms with Crippen LogP contribution in [0.2, 0.25) is 0 Å². The Labute approximate surface area is 130 Å². The summed E-state index contributed by atoms with van der Waals surface area (Å²) in [6.07, 6.45) is 1.69. The van der Waals surface area contributed by atoms with E-state index < -0.39 is 0 Å². The predicted octanol–water partition coefficient (Wildman–Crippen LogP) is 4.16. The van der Waals surface area contributed by atoms with Gasteiger partial charge in [0.25, 0.3) is 5.91 Å². The van der Waals surface area contributed by atoms with E-state index in [0.29, 0.717) is 12.2 Å². The molecule has 0 aliphatic carbocycles. The van der Waals surface area contributed by atoms with Gasteiger partial charge in [0.1, 0.15) is 0 Å². The summed E-state index contributed by atoms with van der Waals surface area (Å²) in [5.41, 5.74) is 3.00. The summed E-state index contributed by atoms with van der Waals surface area (Å²) in [6.45, 7) is 2.46. The zero-order chi connectivity index (χ0) is 15.1. The first-order valence-electron chi connectivity index (χ1n) is 6.90. The average Bonchev–Trinajstić information content (AvgIpc) is 2.53. The second-order valence-electron chi connectivity index (χ2n) is 4.84. The first-order valence-corrected chi connectivity index (χ1v) is 7.24. The predicted molar refractivity (Wildman–Crippen MR) is 83.9 cm³/mol. The number of carbonyl (C=O) groups is 1. The van der Waals surface area contributed by atoms with Gasteiger partial charge in [0.2, 0.25) is 0 Å². The second kappa shape index (κ2) is 7.81.